The molecule has 1 saturated heterocycles. The van der Waals surface area contributed by atoms with Crippen molar-refractivity contribution in [3.8, 4) is 11.5 Å². The van der Waals surface area contributed by atoms with Crippen molar-refractivity contribution >= 4 is 29.0 Å². The van der Waals surface area contributed by atoms with Gasteiger partial charge in [0.25, 0.3) is 5.22 Å². The number of halogens is 1. The van der Waals surface area contributed by atoms with E-state index in [1.165, 1.54) is 12.1 Å². The highest BCUT2D eigenvalue weighted by molar-refractivity contribution is 7.99. The van der Waals surface area contributed by atoms with Crippen molar-refractivity contribution in [2.45, 2.75) is 5.22 Å². The Morgan fingerprint density at radius 2 is 1.90 bits per heavy atom. The summed E-state index contributed by atoms with van der Waals surface area (Å²) in [5, 5.41) is 10.9. The number of thioether (sulfide) groups is 1. The molecule has 1 aromatic heterocycles. The standard InChI is InChI=1S/C21H22FN5O2S/c1-26-9-11-27(12-10-26)18-7-5-17(6-8-18)23-19(28)14-30-21-25-24-20(29-21)15-3-2-4-16(22)13-15/h2-8,13H,9-12,14H2,1H3,(H,23,28). The molecular formula is C21H22FN5O2S. The van der Waals surface area contributed by atoms with E-state index in [9.17, 15) is 9.18 Å². The minimum Gasteiger partial charge on any atom is -0.411 e. The van der Waals surface area contributed by atoms with Crippen molar-refractivity contribution in [2.75, 3.05) is 49.2 Å². The molecule has 30 heavy (non-hydrogen) atoms. The van der Waals surface area contributed by atoms with Gasteiger partial charge in [-0.2, -0.15) is 0 Å². The lowest BCUT2D eigenvalue weighted by atomic mass is 10.2. The van der Waals surface area contributed by atoms with Gasteiger partial charge in [0.1, 0.15) is 5.82 Å². The van der Waals surface area contributed by atoms with Gasteiger partial charge in [-0.25, -0.2) is 4.39 Å². The molecule has 156 valence electrons. The van der Waals surface area contributed by atoms with Crippen molar-refractivity contribution in [2.24, 2.45) is 0 Å². The highest BCUT2D eigenvalue weighted by atomic mass is 32.2. The molecule has 1 fully saturated rings. The maximum atomic E-state index is 13.3. The van der Waals surface area contributed by atoms with Gasteiger partial charge in [0.05, 0.1) is 5.75 Å². The largest absolute Gasteiger partial charge is 0.411 e. The van der Waals surface area contributed by atoms with Crippen LogP contribution in [0.15, 0.2) is 58.2 Å². The third kappa shape index (κ3) is 5.17. The number of hydrogen-bond donors (Lipinski definition) is 1. The van der Waals surface area contributed by atoms with Crippen LogP contribution in [0.5, 0.6) is 0 Å². The van der Waals surface area contributed by atoms with Crippen molar-refractivity contribution in [3.05, 3.63) is 54.3 Å². The van der Waals surface area contributed by atoms with Crippen LogP contribution < -0.4 is 10.2 Å². The Morgan fingerprint density at radius 1 is 1.13 bits per heavy atom. The highest BCUT2D eigenvalue weighted by Gasteiger charge is 2.15. The summed E-state index contributed by atoms with van der Waals surface area (Å²) < 4.78 is 18.8. The summed E-state index contributed by atoms with van der Waals surface area (Å²) in [6.07, 6.45) is 0. The van der Waals surface area contributed by atoms with E-state index in [0.29, 0.717) is 5.56 Å². The molecule has 3 aromatic rings. The van der Waals surface area contributed by atoms with E-state index in [0.717, 1.165) is 49.3 Å². The average Bonchev–Trinajstić information content (AvgIpc) is 3.23. The molecule has 0 unspecified atom stereocenters. The summed E-state index contributed by atoms with van der Waals surface area (Å²) in [6, 6.07) is 13.8. The molecule has 0 aliphatic carbocycles. The molecule has 1 aliphatic heterocycles. The summed E-state index contributed by atoms with van der Waals surface area (Å²) in [6.45, 7) is 4.10. The first kappa shape index (κ1) is 20.4. The number of hydrogen-bond acceptors (Lipinski definition) is 7. The van der Waals surface area contributed by atoms with Gasteiger partial charge in [-0.1, -0.05) is 17.8 Å². The molecule has 1 aliphatic rings. The number of carbonyl (C=O) groups is 1. The van der Waals surface area contributed by atoms with E-state index in [4.69, 9.17) is 4.42 Å². The first-order chi connectivity index (χ1) is 14.6. The minimum atomic E-state index is -0.377. The van der Waals surface area contributed by atoms with Crippen LogP contribution >= 0.6 is 11.8 Å². The number of likely N-dealkylation sites (N-methyl/N-ethyl adjacent to an activating group) is 1. The molecule has 2 heterocycles. The molecule has 9 heteroatoms. The monoisotopic (exact) mass is 427 g/mol. The Bertz CT molecular complexity index is 1000. The zero-order chi connectivity index (χ0) is 20.9. The number of anilines is 2. The lowest BCUT2D eigenvalue weighted by molar-refractivity contribution is -0.113. The lowest BCUT2D eigenvalue weighted by Crippen LogP contribution is -2.44. The summed E-state index contributed by atoms with van der Waals surface area (Å²) in [7, 11) is 2.13. The fourth-order valence-electron chi connectivity index (χ4n) is 3.15. The van der Waals surface area contributed by atoms with Crippen LogP contribution in [-0.2, 0) is 4.79 Å². The Balaban J connectivity index is 1.28. The van der Waals surface area contributed by atoms with Crippen molar-refractivity contribution in [1.82, 2.24) is 15.1 Å². The molecule has 2 aromatic carbocycles. The number of benzene rings is 2. The first-order valence-electron chi connectivity index (χ1n) is 9.62. The topological polar surface area (TPSA) is 74.5 Å². The Labute approximate surface area is 178 Å². The van der Waals surface area contributed by atoms with Gasteiger partial charge in [0.15, 0.2) is 0 Å². The van der Waals surface area contributed by atoms with Gasteiger partial charge in [0.2, 0.25) is 11.8 Å². The second-order valence-corrected chi connectivity index (χ2v) is 7.98. The zero-order valence-corrected chi connectivity index (χ0v) is 17.4. The molecule has 1 amide bonds. The fourth-order valence-corrected chi connectivity index (χ4v) is 3.71. The quantitative estimate of drug-likeness (QED) is 0.605. The van der Waals surface area contributed by atoms with Crippen LogP contribution in [0.4, 0.5) is 15.8 Å². The van der Waals surface area contributed by atoms with Crippen LogP contribution in [0.1, 0.15) is 0 Å². The van der Waals surface area contributed by atoms with E-state index in [2.05, 4.69) is 32.4 Å². The van der Waals surface area contributed by atoms with Crippen LogP contribution in [0, 0.1) is 5.82 Å². The second kappa shape index (κ2) is 9.27. The van der Waals surface area contributed by atoms with Gasteiger partial charge in [-0.15, -0.1) is 10.2 Å². The van der Waals surface area contributed by atoms with E-state index >= 15 is 0 Å². The number of piperazine rings is 1. The SMILES string of the molecule is CN1CCN(c2ccc(NC(=O)CSc3nnc(-c4cccc(F)c4)o3)cc2)CC1. The maximum absolute atomic E-state index is 13.3. The molecule has 0 bridgehead atoms. The Hall–Kier alpha value is -2.91. The summed E-state index contributed by atoms with van der Waals surface area (Å²) in [4.78, 5) is 16.9. The molecule has 4 rings (SSSR count). The molecule has 7 nitrogen and oxygen atoms in total. The maximum Gasteiger partial charge on any atom is 0.277 e. The second-order valence-electron chi connectivity index (χ2n) is 7.06. The zero-order valence-electron chi connectivity index (χ0n) is 16.5. The van der Waals surface area contributed by atoms with Crippen LogP contribution in [-0.4, -0.2) is 60.0 Å². The van der Waals surface area contributed by atoms with Crippen LogP contribution in [0.3, 0.4) is 0 Å². The summed E-state index contributed by atoms with van der Waals surface area (Å²) >= 11 is 1.13. The van der Waals surface area contributed by atoms with Crippen LogP contribution in [0.25, 0.3) is 11.5 Å². The van der Waals surface area contributed by atoms with Gasteiger partial charge >= 0.3 is 0 Å². The summed E-state index contributed by atoms with van der Waals surface area (Å²) in [5.74, 6) is -0.196. The number of rotatable bonds is 6. The smallest absolute Gasteiger partial charge is 0.277 e. The normalized spacial score (nSPS) is 14.7. The predicted molar refractivity (Wildman–Crippen MR) is 115 cm³/mol. The molecule has 0 atom stereocenters. The third-order valence-electron chi connectivity index (χ3n) is 4.82. The van der Waals surface area contributed by atoms with E-state index in [-0.39, 0.29) is 28.6 Å². The lowest BCUT2D eigenvalue weighted by Gasteiger charge is -2.34. The average molecular weight is 428 g/mol. The summed E-state index contributed by atoms with van der Waals surface area (Å²) in [5.41, 5.74) is 2.40. The molecule has 0 saturated carbocycles. The van der Waals surface area contributed by atoms with Gasteiger partial charge in [-0.3, -0.25) is 4.79 Å². The number of nitrogens with one attached hydrogen (secondary N) is 1. The molecular weight excluding hydrogens is 405 g/mol. The number of nitrogens with zero attached hydrogens (tertiary/aromatic N) is 4. The van der Waals surface area contributed by atoms with Crippen molar-refractivity contribution < 1.29 is 13.6 Å². The number of aromatic nitrogens is 2. The number of amides is 1. The first-order valence-corrected chi connectivity index (χ1v) is 10.6. The molecule has 0 radical (unpaired) electrons. The van der Waals surface area contributed by atoms with Crippen LogP contribution in [0.2, 0.25) is 0 Å². The van der Waals surface area contributed by atoms with E-state index in [1.54, 1.807) is 12.1 Å². The van der Waals surface area contributed by atoms with E-state index < -0.39 is 0 Å². The fraction of sp³-hybridized carbons (Fsp3) is 0.286. The Kier molecular flexibility index (Phi) is 6.29. The van der Waals surface area contributed by atoms with Gasteiger partial charge in [0, 0.05) is 43.1 Å². The van der Waals surface area contributed by atoms with E-state index in [1.807, 2.05) is 24.3 Å². The Morgan fingerprint density at radius 3 is 2.63 bits per heavy atom. The molecule has 1 N–H and O–H groups in total. The van der Waals surface area contributed by atoms with Gasteiger partial charge < -0.3 is 19.5 Å². The highest BCUT2D eigenvalue weighted by Crippen LogP contribution is 2.24. The minimum absolute atomic E-state index is 0.130. The number of carbonyl (C=O) groups excluding carboxylic acids is 1. The third-order valence-corrected chi connectivity index (χ3v) is 5.64. The van der Waals surface area contributed by atoms with Crippen molar-refractivity contribution in [3.63, 3.8) is 0 Å². The molecule has 0 spiro atoms. The van der Waals surface area contributed by atoms with Gasteiger partial charge in [-0.05, 0) is 49.5 Å². The van der Waals surface area contributed by atoms with Crippen molar-refractivity contribution in [1.29, 1.82) is 0 Å². The predicted octanol–water partition coefficient (Wildman–Crippen LogP) is 3.36.